The van der Waals surface area contributed by atoms with Crippen molar-refractivity contribution >= 4 is 0 Å². The van der Waals surface area contributed by atoms with Gasteiger partial charge in [0.05, 0.1) is 18.8 Å². The Hall–Kier alpha value is -0.120. The van der Waals surface area contributed by atoms with Crippen LogP contribution in [0, 0.1) is 11.8 Å². The molecule has 0 aromatic heterocycles. The molecule has 0 spiro atoms. The highest BCUT2D eigenvalue weighted by molar-refractivity contribution is 4.73. The minimum absolute atomic E-state index is 0.365. The molecule has 0 aliphatic heterocycles. The molecule has 0 aromatic carbocycles. The summed E-state index contributed by atoms with van der Waals surface area (Å²) < 4.78 is 5.88. The van der Waals surface area contributed by atoms with Crippen molar-refractivity contribution in [3.63, 3.8) is 0 Å². The maximum Gasteiger partial charge on any atom is 0.0897 e. The van der Waals surface area contributed by atoms with E-state index in [1.165, 1.54) is 38.5 Å². The summed E-state index contributed by atoms with van der Waals surface area (Å²) >= 11 is 0. The van der Waals surface area contributed by atoms with Crippen LogP contribution in [0.2, 0.25) is 0 Å². The first-order valence-electron chi connectivity index (χ1n) is 8.60. The van der Waals surface area contributed by atoms with Gasteiger partial charge in [-0.2, -0.15) is 0 Å². The molecule has 3 atom stereocenters. The summed E-state index contributed by atoms with van der Waals surface area (Å²) in [5.74, 6) is 1.45. The standard InChI is InChI=1S/C17H35NO2/c1-14(2)8-6-7-11-18-12-16(19)13-20-17-10-5-4-9-15(17)3/h14-19H,4-13H2,1-3H3. The monoisotopic (exact) mass is 285 g/mol. The number of aliphatic hydroxyl groups excluding tert-OH is 1. The van der Waals surface area contributed by atoms with E-state index in [4.69, 9.17) is 4.74 Å². The van der Waals surface area contributed by atoms with Gasteiger partial charge in [0.15, 0.2) is 0 Å². The number of nitrogens with one attached hydrogen (secondary N) is 1. The quantitative estimate of drug-likeness (QED) is 0.605. The molecule has 3 unspecified atom stereocenters. The smallest absolute Gasteiger partial charge is 0.0897 e. The van der Waals surface area contributed by atoms with E-state index in [1.54, 1.807) is 0 Å². The van der Waals surface area contributed by atoms with Crippen LogP contribution in [0.15, 0.2) is 0 Å². The molecule has 1 saturated carbocycles. The molecule has 1 aliphatic carbocycles. The van der Waals surface area contributed by atoms with Crippen molar-refractivity contribution in [1.82, 2.24) is 5.32 Å². The predicted molar refractivity (Wildman–Crippen MR) is 84.9 cm³/mol. The normalized spacial score (nSPS) is 25.1. The van der Waals surface area contributed by atoms with Gasteiger partial charge in [-0.05, 0) is 37.6 Å². The summed E-state index contributed by atoms with van der Waals surface area (Å²) in [4.78, 5) is 0. The lowest BCUT2D eigenvalue weighted by Crippen LogP contribution is -2.34. The third-order valence-corrected chi connectivity index (χ3v) is 4.30. The molecular formula is C17H35NO2. The summed E-state index contributed by atoms with van der Waals surface area (Å²) in [6, 6.07) is 0. The van der Waals surface area contributed by atoms with Crippen molar-refractivity contribution in [3.8, 4) is 0 Å². The van der Waals surface area contributed by atoms with Gasteiger partial charge in [-0.25, -0.2) is 0 Å². The Balaban J connectivity index is 1.96. The number of rotatable bonds is 10. The third-order valence-electron chi connectivity index (χ3n) is 4.30. The fraction of sp³-hybridized carbons (Fsp3) is 1.00. The molecule has 2 N–H and O–H groups in total. The van der Waals surface area contributed by atoms with Gasteiger partial charge in [-0.3, -0.25) is 0 Å². The average molecular weight is 285 g/mol. The second-order valence-corrected chi connectivity index (χ2v) is 6.88. The van der Waals surface area contributed by atoms with Crippen LogP contribution in [-0.2, 0) is 4.74 Å². The molecule has 1 aliphatic rings. The number of hydrogen-bond acceptors (Lipinski definition) is 3. The Bertz CT molecular complexity index is 233. The van der Waals surface area contributed by atoms with Crippen molar-refractivity contribution in [2.75, 3.05) is 19.7 Å². The molecule has 0 heterocycles. The van der Waals surface area contributed by atoms with Crippen LogP contribution >= 0.6 is 0 Å². The number of hydrogen-bond donors (Lipinski definition) is 2. The zero-order chi connectivity index (χ0) is 14.8. The van der Waals surface area contributed by atoms with Crippen molar-refractivity contribution in [2.45, 2.75) is 77.9 Å². The molecular weight excluding hydrogens is 250 g/mol. The molecule has 0 saturated heterocycles. The molecule has 0 radical (unpaired) electrons. The van der Waals surface area contributed by atoms with Crippen LogP contribution in [0.25, 0.3) is 0 Å². The molecule has 3 heteroatoms. The van der Waals surface area contributed by atoms with Gasteiger partial charge in [-0.1, -0.05) is 46.5 Å². The Morgan fingerprint density at radius 3 is 2.65 bits per heavy atom. The van der Waals surface area contributed by atoms with E-state index in [0.717, 1.165) is 18.9 Å². The fourth-order valence-electron chi connectivity index (χ4n) is 2.89. The van der Waals surface area contributed by atoms with Crippen LogP contribution < -0.4 is 5.32 Å². The summed E-state index contributed by atoms with van der Waals surface area (Å²) in [6.45, 7) is 8.94. The third kappa shape index (κ3) is 8.23. The number of ether oxygens (including phenoxy) is 1. The van der Waals surface area contributed by atoms with Gasteiger partial charge in [-0.15, -0.1) is 0 Å². The van der Waals surface area contributed by atoms with Gasteiger partial charge in [0, 0.05) is 6.54 Å². The van der Waals surface area contributed by atoms with E-state index in [2.05, 4.69) is 26.1 Å². The highest BCUT2D eigenvalue weighted by atomic mass is 16.5. The first-order chi connectivity index (χ1) is 9.59. The highest BCUT2D eigenvalue weighted by Crippen LogP contribution is 2.26. The van der Waals surface area contributed by atoms with E-state index in [1.807, 2.05) is 0 Å². The average Bonchev–Trinajstić information content (AvgIpc) is 2.41. The SMILES string of the molecule is CC(C)CCCCNCC(O)COC1CCCCC1C. The van der Waals surface area contributed by atoms with E-state index in [9.17, 15) is 5.11 Å². The Morgan fingerprint density at radius 2 is 1.95 bits per heavy atom. The first kappa shape index (κ1) is 17.9. The minimum atomic E-state index is -0.366. The lowest BCUT2D eigenvalue weighted by Gasteiger charge is -2.29. The van der Waals surface area contributed by atoms with Crippen molar-refractivity contribution in [3.05, 3.63) is 0 Å². The highest BCUT2D eigenvalue weighted by Gasteiger charge is 2.22. The van der Waals surface area contributed by atoms with Crippen molar-refractivity contribution in [1.29, 1.82) is 0 Å². The van der Waals surface area contributed by atoms with Crippen LogP contribution in [0.3, 0.4) is 0 Å². The van der Waals surface area contributed by atoms with Gasteiger partial charge >= 0.3 is 0 Å². The summed E-state index contributed by atoms with van der Waals surface area (Å²) in [7, 11) is 0. The minimum Gasteiger partial charge on any atom is -0.389 e. The van der Waals surface area contributed by atoms with E-state index >= 15 is 0 Å². The van der Waals surface area contributed by atoms with Crippen molar-refractivity contribution < 1.29 is 9.84 Å². The summed E-state index contributed by atoms with van der Waals surface area (Å²) in [5, 5.41) is 13.3. The van der Waals surface area contributed by atoms with Crippen LogP contribution in [0.5, 0.6) is 0 Å². The van der Waals surface area contributed by atoms with Crippen LogP contribution in [0.1, 0.15) is 65.7 Å². The molecule has 1 rings (SSSR count). The number of aliphatic hydroxyl groups is 1. The Labute approximate surface area is 125 Å². The Kier molecular flexibility index (Phi) is 9.49. The molecule has 120 valence electrons. The molecule has 20 heavy (non-hydrogen) atoms. The van der Waals surface area contributed by atoms with E-state index < -0.39 is 0 Å². The number of unbranched alkanes of at least 4 members (excludes halogenated alkanes) is 1. The van der Waals surface area contributed by atoms with Gasteiger partial charge in [0.2, 0.25) is 0 Å². The second kappa shape index (κ2) is 10.6. The topological polar surface area (TPSA) is 41.5 Å². The maximum absolute atomic E-state index is 9.92. The predicted octanol–water partition coefficient (Wildman–Crippen LogP) is 3.36. The largest absolute Gasteiger partial charge is 0.389 e. The lowest BCUT2D eigenvalue weighted by molar-refractivity contribution is -0.0451. The second-order valence-electron chi connectivity index (χ2n) is 6.88. The molecule has 0 bridgehead atoms. The zero-order valence-electron chi connectivity index (χ0n) is 13.7. The van der Waals surface area contributed by atoms with E-state index in [0.29, 0.717) is 25.2 Å². The summed E-state index contributed by atoms with van der Waals surface area (Å²) in [6.07, 6.45) is 8.82. The zero-order valence-corrected chi connectivity index (χ0v) is 13.7. The van der Waals surface area contributed by atoms with Crippen LogP contribution in [-0.4, -0.2) is 37.0 Å². The Morgan fingerprint density at radius 1 is 1.20 bits per heavy atom. The summed E-state index contributed by atoms with van der Waals surface area (Å²) in [5.41, 5.74) is 0. The van der Waals surface area contributed by atoms with Gasteiger partial charge < -0.3 is 15.2 Å². The van der Waals surface area contributed by atoms with E-state index in [-0.39, 0.29) is 6.10 Å². The van der Waals surface area contributed by atoms with Gasteiger partial charge in [0.25, 0.3) is 0 Å². The van der Waals surface area contributed by atoms with Gasteiger partial charge in [0.1, 0.15) is 0 Å². The van der Waals surface area contributed by atoms with Crippen LogP contribution in [0.4, 0.5) is 0 Å². The first-order valence-corrected chi connectivity index (χ1v) is 8.60. The molecule has 3 nitrogen and oxygen atoms in total. The van der Waals surface area contributed by atoms with Crippen molar-refractivity contribution in [2.24, 2.45) is 11.8 Å². The molecule has 0 aromatic rings. The fourth-order valence-corrected chi connectivity index (χ4v) is 2.89. The lowest BCUT2D eigenvalue weighted by atomic mass is 9.88. The maximum atomic E-state index is 9.92. The molecule has 0 amide bonds. The molecule has 1 fully saturated rings.